The third kappa shape index (κ3) is 5.71. The van der Waals surface area contributed by atoms with Gasteiger partial charge in [-0.05, 0) is 58.2 Å². The third-order valence-electron chi connectivity index (χ3n) is 5.57. The first-order valence-electron chi connectivity index (χ1n) is 9.61. The van der Waals surface area contributed by atoms with Gasteiger partial charge < -0.3 is 4.74 Å². The second-order valence-corrected chi connectivity index (χ2v) is 7.46. The number of likely N-dealkylation sites (tertiary alicyclic amines) is 1. The summed E-state index contributed by atoms with van der Waals surface area (Å²) in [6.07, 6.45) is 10.6. The van der Waals surface area contributed by atoms with Gasteiger partial charge in [0.05, 0.1) is 12.3 Å². The van der Waals surface area contributed by atoms with Gasteiger partial charge in [-0.15, -0.1) is 12.4 Å². The summed E-state index contributed by atoms with van der Waals surface area (Å²) in [6.45, 7) is 10.1. The van der Waals surface area contributed by atoms with Crippen LogP contribution in [0.3, 0.4) is 0 Å². The predicted octanol–water partition coefficient (Wildman–Crippen LogP) is 4.02. The summed E-state index contributed by atoms with van der Waals surface area (Å²) in [7, 11) is 0. The largest absolute Gasteiger partial charge is 0.381 e. The molecule has 27 heavy (non-hydrogen) atoms. The van der Waals surface area contributed by atoms with Crippen LogP contribution in [0.1, 0.15) is 49.7 Å². The minimum absolute atomic E-state index is 0. The van der Waals surface area contributed by atoms with E-state index in [0.29, 0.717) is 6.04 Å². The molecule has 3 rings (SSSR count). The second-order valence-electron chi connectivity index (χ2n) is 7.46. The molecule has 1 aliphatic heterocycles. The van der Waals surface area contributed by atoms with Crippen molar-refractivity contribution in [2.45, 2.75) is 46.1 Å². The van der Waals surface area contributed by atoms with E-state index in [4.69, 9.17) is 4.74 Å². The zero-order valence-corrected chi connectivity index (χ0v) is 17.4. The molecule has 148 valence electrons. The summed E-state index contributed by atoms with van der Waals surface area (Å²) in [5.74, 6) is 0. The third-order valence-corrected chi connectivity index (χ3v) is 5.57. The standard InChI is InChI=1S/C21H30N4O.ClH/c1-4-26-16-21(8-7-20-14-22-10-11-23-20)9-12-25(15-21)18(3)19-6-5-17(2)24-13-19;/h5-6,10-11,13-14,18H,4,7-9,12,15-16H2,1-3H3;1H. The molecule has 1 aliphatic rings. The van der Waals surface area contributed by atoms with Crippen LogP contribution in [0, 0.1) is 12.3 Å². The van der Waals surface area contributed by atoms with Crippen molar-refractivity contribution >= 4 is 12.4 Å². The van der Waals surface area contributed by atoms with Crippen LogP contribution in [0.5, 0.6) is 0 Å². The molecule has 2 atom stereocenters. The lowest BCUT2D eigenvalue weighted by Gasteiger charge is -2.31. The van der Waals surface area contributed by atoms with E-state index >= 15 is 0 Å². The van der Waals surface area contributed by atoms with Crippen molar-refractivity contribution in [3.63, 3.8) is 0 Å². The molecule has 0 amide bonds. The van der Waals surface area contributed by atoms with E-state index in [1.165, 1.54) is 5.56 Å². The van der Waals surface area contributed by atoms with Crippen molar-refractivity contribution in [3.8, 4) is 0 Å². The van der Waals surface area contributed by atoms with Gasteiger partial charge in [0.1, 0.15) is 0 Å². The average Bonchev–Trinajstić information content (AvgIpc) is 3.10. The number of aryl methyl sites for hydroxylation is 2. The van der Waals surface area contributed by atoms with Crippen molar-refractivity contribution in [1.29, 1.82) is 0 Å². The van der Waals surface area contributed by atoms with Crippen LogP contribution in [0.15, 0.2) is 36.9 Å². The summed E-state index contributed by atoms with van der Waals surface area (Å²) < 4.78 is 5.88. The maximum atomic E-state index is 5.88. The molecule has 0 aromatic carbocycles. The molecule has 0 N–H and O–H groups in total. The smallest absolute Gasteiger partial charge is 0.0586 e. The number of nitrogens with zero attached hydrogens (tertiary/aromatic N) is 4. The van der Waals surface area contributed by atoms with E-state index < -0.39 is 0 Å². The Balaban J connectivity index is 0.00000261. The van der Waals surface area contributed by atoms with E-state index in [1.54, 1.807) is 12.4 Å². The molecule has 6 heteroatoms. The number of pyridine rings is 1. The number of aromatic nitrogens is 3. The molecule has 0 aliphatic carbocycles. The lowest BCUT2D eigenvalue weighted by molar-refractivity contribution is 0.0465. The molecule has 2 aromatic rings. The van der Waals surface area contributed by atoms with Crippen LogP contribution in [-0.4, -0.2) is 46.2 Å². The van der Waals surface area contributed by atoms with Crippen LogP contribution in [-0.2, 0) is 11.2 Å². The van der Waals surface area contributed by atoms with Crippen LogP contribution in [0.4, 0.5) is 0 Å². The van der Waals surface area contributed by atoms with E-state index in [9.17, 15) is 0 Å². The first-order chi connectivity index (χ1) is 12.6. The van der Waals surface area contributed by atoms with Gasteiger partial charge in [0.25, 0.3) is 0 Å². The van der Waals surface area contributed by atoms with Gasteiger partial charge >= 0.3 is 0 Å². The Morgan fingerprint density at radius 3 is 2.74 bits per heavy atom. The SMILES string of the molecule is CCOCC1(CCc2cnccn2)CCN(C(C)c2ccc(C)nc2)C1.Cl. The fourth-order valence-electron chi connectivity index (χ4n) is 3.80. The molecule has 0 radical (unpaired) electrons. The number of ether oxygens (including phenoxy) is 1. The normalized spacial score (nSPS) is 21.0. The molecule has 0 bridgehead atoms. The van der Waals surface area contributed by atoms with E-state index in [0.717, 1.165) is 57.0 Å². The number of rotatable bonds is 8. The molecule has 3 heterocycles. The minimum atomic E-state index is 0. The van der Waals surface area contributed by atoms with Gasteiger partial charge in [0.15, 0.2) is 0 Å². The Labute approximate surface area is 169 Å². The van der Waals surface area contributed by atoms with Crippen LogP contribution in [0.25, 0.3) is 0 Å². The molecule has 2 aromatic heterocycles. The monoisotopic (exact) mass is 390 g/mol. The topological polar surface area (TPSA) is 51.1 Å². The number of halogens is 1. The Kier molecular flexibility index (Phi) is 8.14. The highest BCUT2D eigenvalue weighted by atomic mass is 35.5. The maximum Gasteiger partial charge on any atom is 0.0586 e. The molecular weight excluding hydrogens is 360 g/mol. The van der Waals surface area contributed by atoms with Crippen molar-refractivity contribution in [2.75, 3.05) is 26.3 Å². The number of hydrogen-bond acceptors (Lipinski definition) is 5. The quantitative estimate of drug-likeness (QED) is 0.681. The average molecular weight is 391 g/mol. The van der Waals surface area contributed by atoms with Gasteiger partial charge in [-0.3, -0.25) is 19.9 Å². The Bertz CT molecular complexity index is 682. The fourth-order valence-corrected chi connectivity index (χ4v) is 3.80. The molecule has 0 saturated carbocycles. The zero-order chi connectivity index (χ0) is 18.4. The van der Waals surface area contributed by atoms with Gasteiger partial charge in [-0.2, -0.15) is 0 Å². The highest BCUT2D eigenvalue weighted by Crippen LogP contribution is 2.39. The molecule has 2 unspecified atom stereocenters. The van der Waals surface area contributed by atoms with Crippen molar-refractivity contribution in [1.82, 2.24) is 19.9 Å². The molecule has 0 spiro atoms. The van der Waals surface area contributed by atoms with E-state index in [1.807, 2.05) is 19.3 Å². The van der Waals surface area contributed by atoms with Gasteiger partial charge in [0, 0.05) is 55.1 Å². The lowest BCUT2D eigenvalue weighted by Crippen LogP contribution is -2.33. The molecule has 1 fully saturated rings. The van der Waals surface area contributed by atoms with Crippen LogP contribution >= 0.6 is 12.4 Å². The maximum absolute atomic E-state index is 5.88. The summed E-state index contributed by atoms with van der Waals surface area (Å²) >= 11 is 0. The second kappa shape index (κ2) is 10.1. The molecular formula is C21H31ClN4O. The fraction of sp³-hybridized carbons (Fsp3) is 0.571. The van der Waals surface area contributed by atoms with E-state index in [2.05, 4.69) is 45.8 Å². The van der Waals surface area contributed by atoms with E-state index in [-0.39, 0.29) is 17.8 Å². The Hall–Kier alpha value is -1.56. The Morgan fingerprint density at radius 2 is 2.07 bits per heavy atom. The Morgan fingerprint density at radius 1 is 1.22 bits per heavy atom. The van der Waals surface area contributed by atoms with Crippen LogP contribution in [0.2, 0.25) is 0 Å². The van der Waals surface area contributed by atoms with Crippen molar-refractivity contribution in [3.05, 3.63) is 53.9 Å². The van der Waals surface area contributed by atoms with Gasteiger partial charge in [-0.1, -0.05) is 6.07 Å². The van der Waals surface area contributed by atoms with Gasteiger partial charge in [0.2, 0.25) is 0 Å². The highest BCUT2D eigenvalue weighted by Gasteiger charge is 2.39. The highest BCUT2D eigenvalue weighted by molar-refractivity contribution is 5.85. The first-order valence-corrected chi connectivity index (χ1v) is 9.61. The zero-order valence-electron chi connectivity index (χ0n) is 16.6. The lowest BCUT2D eigenvalue weighted by atomic mass is 9.82. The summed E-state index contributed by atoms with van der Waals surface area (Å²) in [5, 5.41) is 0. The van der Waals surface area contributed by atoms with Crippen molar-refractivity contribution in [2.24, 2.45) is 5.41 Å². The molecule has 5 nitrogen and oxygen atoms in total. The van der Waals surface area contributed by atoms with Gasteiger partial charge in [-0.25, -0.2) is 0 Å². The van der Waals surface area contributed by atoms with Crippen LogP contribution < -0.4 is 0 Å². The minimum Gasteiger partial charge on any atom is -0.381 e. The summed E-state index contributed by atoms with van der Waals surface area (Å²) in [5.41, 5.74) is 3.62. The number of hydrogen-bond donors (Lipinski definition) is 0. The predicted molar refractivity (Wildman–Crippen MR) is 110 cm³/mol. The summed E-state index contributed by atoms with van der Waals surface area (Å²) in [6, 6.07) is 4.68. The molecule has 1 saturated heterocycles. The summed E-state index contributed by atoms with van der Waals surface area (Å²) in [4.78, 5) is 15.7. The van der Waals surface area contributed by atoms with Crippen molar-refractivity contribution < 1.29 is 4.74 Å². The first kappa shape index (κ1) is 21.7.